The molecule has 1 saturated heterocycles. The van der Waals surface area contributed by atoms with Gasteiger partial charge in [-0.1, -0.05) is 17.7 Å². The summed E-state index contributed by atoms with van der Waals surface area (Å²) in [4.78, 5) is 12.7. The number of nitrogens with zero attached hydrogens (tertiary/aromatic N) is 4. The third-order valence-corrected chi connectivity index (χ3v) is 7.77. The van der Waals surface area contributed by atoms with Crippen molar-refractivity contribution in [3.63, 3.8) is 0 Å². The second-order valence-corrected chi connectivity index (χ2v) is 11.2. The Bertz CT molecular complexity index is 1650. The molecule has 3 heterocycles. The fourth-order valence-electron chi connectivity index (χ4n) is 5.74. The summed E-state index contributed by atoms with van der Waals surface area (Å²) in [6, 6.07) is 13.8. The van der Waals surface area contributed by atoms with Gasteiger partial charge in [-0.25, -0.2) is 23.1 Å². The standard InChI is InChI=1S/C31H29ClF3N7/c1-17-15-41(16-18(2)38-17)30(36)23-13-21(7-9-24(23)33)39-31-37-14-19-10-11-42(29-25(34)4-3-5-26(29)35)27-12-20(32)6-8-22(27)28(19)40-31/h3-9,12-14,17-18,36,38H,10-11,15-16H2,1-2H3,(H,37,39,40). The van der Waals surface area contributed by atoms with Crippen LogP contribution in [0.25, 0.3) is 11.3 Å². The van der Waals surface area contributed by atoms with E-state index in [9.17, 15) is 13.2 Å². The van der Waals surface area contributed by atoms with Crippen molar-refractivity contribution in [1.29, 1.82) is 5.41 Å². The maximum atomic E-state index is 14.9. The number of fused-ring (bicyclic) bond motifs is 3. The summed E-state index contributed by atoms with van der Waals surface area (Å²) in [6.07, 6.45) is 2.11. The van der Waals surface area contributed by atoms with E-state index in [1.807, 2.05) is 18.7 Å². The Kier molecular flexibility index (Phi) is 7.51. The first-order valence-corrected chi connectivity index (χ1v) is 14.1. The Balaban J connectivity index is 1.34. The zero-order chi connectivity index (χ0) is 29.5. The summed E-state index contributed by atoms with van der Waals surface area (Å²) in [5.74, 6) is -1.47. The van der Waals surface area contributed by atoms with Crippen LogP contribution in [0.4, 0.5) is 36.2 Å². The molecule has 0 amide bonds. The van der Waals surface area contributed by atoms with Crippen LogP contribution in [0.15, 0.2) is 60.8 Å². The molecule has 2 atom stereocenters. The lowest BCUT2D eigenvalue weighted by atomic mass is 10.0. The van der Waals surface area contributed by atoms with Gasteiger partial charge < -0.3 is 20.4 Å². The van der Waals surface area contributed by atoms with Crippen LogP contribution in [0.3, 0.4) is 0 Å². The van der Waals surface area contributed by atoms with E-state index in [1.54, 1.807) is 41.4 Å². The molecular weight excluding hydrogens is 563 g/mol. The van der Waals surface area contributed by atoms with Crippen LogP contribution in [-0.4, -0.2) is 52.4 Å². The highest BCUT2D eigenvalue weighted by atomic mass is 35.5. The third kappa shape index (κ3) is 5.39. The quantitative estimate of drug-likeness (QED) is 0.182. The Morgan fingerprint density at radius 3 is 2.48 bits per heavy atom. The number of hydrogen-bond acceptors (Lipinski definition) is 6. The van der Waals surface area contributed by atoms with Crippen molar-refractivity contribution in [1.82, 2.24) is 20.2 Å². The topological polar surface area (TPSA) is 80.2 Å². The average molecular weight is 592 g/mol. The lowest BCUT2D eigenvalue weighted by Crippen LogP contribution is -2.55. The van der Waals surface area contributed by atoms with Gasteiger partial charge in [-0.2, -0.15) is 0 Å². The van der Waals surface area contributed by atoms with Crippen molar-refractivity contribution in [2.45, 2.75) is 32.4 Å². The zero-order valence-corrected chi connectivity index (χ0v) is 23.8. The predicted molar refractivity (Wildman–Crippen MR) is 160 cm³/mol. The second kappa shape index (κ2) is 11.3. The summed E-state index contributed by atoms with van der Waals surface area (Å²) < 4.78 is 44.6. The summed E-state index contributed by atoms with van der Waals surface area (Å²) in [7, 11) is 0. The first-order valence-electron chi connectivity index (χ1n) is 13.7. The molecule has 11 heteroatoms. The molecule has 0 aliphatic carbocycles. The van der Waals surface area contributed by atoms with Crippen molar-refractivity contribution >= 4 is 40.4 Å². The Labute approximate surface area is 246 Å². The molecule has 0 radical (unpaired) electrons. The van der Waals surface area contributed by atoms with Gasteiger partial charge in [-0.05, 0) is 74.4 Å². The number of aromatic nitrogens is 2. The van der Waals surface area contributed by atoms with E-state index in [1.165, 1.54) is 24.3 Å². The minimum absolute atomic E-state index is 0.116. The van der Waals surface area contributed by atoms with Gasteiger partial charge in [0.25, 0.3) is 0 Å². The van der Waals surface area contributed by atoms with Gasteiger partial charge in [0.1, 0.15) is 29.0 Å². The number of piperazine rings is 1. The van der Waals surface area contributed by atoms with Crippen LogP contribution in [0.1, 0.15) is 25.0 Å². The molecule has 0 bridgehead atoms. The first kappa shape index (κ1) is 28.0. The third-order valence-electron chi connectivity index (χ3n) is 7.53. The Morgan fingerprint density at radius 2 is 1.74 bits per heavy atom. The highest BCUT2D eigenvalue weighted by Crippen LogP contribution is 2.42. The molecule has 42 heavy (non-hydrogen) atoms. The van der Waals surface area contributed by atoms with Crippen LogP contribution in [0.5, 0.6) is 0 Å². The molecule has 2 aliphatic heterocycles. The molecule has 0 spiro atoms. The van der Waals surface area contributed by atoms with Gasteiger partial charge in [0, 0.05) is 54.2 Å². The van der Waals surface area contributed by atoms with Crippen molar-refractivity contribution in [3.05, 3.63) is 94.4 Å². The largest absolute Gasteiger partial charge is 0.353 e. The molecule has 1 fully saturated rings. The number of rotatable bonds is 4. The molecule has 1 aromatic heterocycles. The number of anilines is 4. The number of nitrogens with one attached hydrogen (secondary N) is 3. The molecule has 2 unspecified atom stereocenters. The fraction of sp³-hybridized carbons (Fsp3) is 0.258. The van der Waals surface area contributed by atoms with E-state index in [2.05, 4.69) is 15.6 Å². The van der Waals surface area contributed by atoms with Crippen molar-refractivity contribution in [2.75, 3.05) is 29.9 Å². The van der Waals surface area contributed by atoms with Gasteiger partial charge in [0.15, 0.2) is 0 Å². The summed E-state index contributed by atoms with van der Waals surface area (Å²) >= 11 is 6.34. The van der Waals surface area contributed by atoms with Crippen LogP contribution in [-0.2, 0) is 6.42 Å². The molecule has 4 aromatic rings. The minimum atomic E-state index is -0.678. The number of halogens is 4. The lowest BCUT2D eigenvalue weighted by Gasteiger charge is -2.37. The van der Waals surface area contributed by atoms with E-state index in [4.69, 9.17) is 22.0 Å². The molecular formula is C31H29ClF3N7. The van der Waals surface area contributed by atoms with E-state index in [0.717, 1.165) is 5.56 Å². The Morgan fingerprint density at radius 1 is 1.00 bits per heavy atom. The SMILES string of the molecule is CC1CN(C(=N)c2cc(Nc3ncc4c(n3)-c3ccc(Cl)cc3N(c3c(F)cccc3F)CC4)ccc2F)CC(C)N1. The van der Waals surface area contributed by atoms with Crippen molar-refractivity contribution in [2.24, 2.45) is 0 Å². The monoisotopic (exact) mass is 591 g/mol. The predicted octanol–water partition coefficient (Wildman–Crippen LogP) is 6.66. The molecule has 3 aromatic carbocycles. The number of hydrogen-bond donors (Lipinski definition) is 3. The zero-order valence-electron chi connectivity index (χ0n) is 23.1. The second-order valence-electron chi connectivity index (χ2n) is 10.7. The summed E-state index contributed by atoms with van der Waals surface area (Å²) in [5.41, 5.74) is 3.10. The van der Waals surface area contributed by atoms with E-state index in [-0.39, 0.29) is 41.7 Å². The van der Waals surface area contributed by atoms with Crippen LogP contribution < -0.4 is 15.5 Å². The number of benzene rings is 3. The van der Waals surface area contributed by atoms with E-state index < -0.39 is 17.5 Å². The lowest BCUT2D eigenvalue weighted by molar-refractivity contribution is 0.254. The molecule has 7 nitrogen and oxygen atoms in total. The average Bonchev–Trinajstić information content (AvgIpc) is 3.10. The molecule has 216 valence electrons. The first-order chi connectivity index (χ1) is 20.2. The summed E-state index contributed by atoms with van der Waals surface area (Å²) in [6.45, 7) is 5.56. The van der Waals surface area contributed by atoms with Gasteiger partial charge in [-0.3, -0.25) is 5.41 Å². The van der Waals surface area contributed by atoms with Gasteiger partial charge in [0.2, 0.25) is 5.95 Å². The van der Waals surface area contributed by atoms with Crippen LogP contribution in [0.2, 0.25) is 5.02 Å². The van der Waals surface area contributed by atoms with Gasteiger partial charge in [-0.15, -0.1) is 0 Å². The highest BCUT2D eigenvalue weighted by molar-refractivity contribution is 6.31. The smallest absolute Gasteiger partial charge is 0.227 e. The van der Waals surface area contributed by atoms with E-state index in [0.29, 0.717) is 47.2 Å². The maximum absolute atomic E-state index is 14.9. The number of para-hydroxylation sites is 1. The van der Waals surface area contributed by atoms with Crippen molar-refractivity contribution < 1.29 is 13.2 Å². The van der Waals surface area contributed by atoms with Crippen LogP contribution >= 0.6 is 11.6 Å². The minimum Gasteiger partial charge on any atom is -0.353 e. The molecule has 0 saturated carbocycles. The van der Waals surface area contributed by atoms with Gasteiger partial charge in [0.05, 0.1) is 16.9 Å². The summed E-state index contributed by atoms with van der Waals surface area (Å²) in [5, 5.41) is 15.7. The maximum Gasteiger partial charge on any atom is 0.227 e. The fourth-order valence-corrected chi connectivity index (χ4v) is 5.90. The normalized spacial score (nSPS) is 18.2. The Hall–Kier alpha value is -4.15. The molecule has 2 aliphatic rings. The van der Waals surface area contributed by atoms with Crippen LogP contribution in [0, 0.1) is 22.9 Å². The molecule has 3 N–H and O–H groups in total. The van der Waals surface area contributed by atoms with Crippen molar-refractivity contribution in [3.8, 4) is 11.3 Å². The highest BCUT2D eigenvalue weighted by Gasteiger charge is 2.28. The van der Waals surface area contributed by atoms with Gasteiger partial charge >= 0.3 is 0 Å². The van der Waals surface area contributed by atoms with E-state index >= 15 is 0 Å². The molecule has 6 rings (SSSR count). The number of amidine groups is 1.